The van der Waals surface area contributed by atoms with Gasteiger partial charge in [-0.1, -0.05) is 176 Å². The molecule has 48 heavy (non-hydrogen) atoms. The van der Waals surface area contributed by atoms with E-state index in [-0.39, 0.29) is 0 Å². The van der Waals surface area contributed by atoms with Crippen LogP contribution in [0.15, 0.2) is 194 Å². The van der Waals surface area contributed by atoms with Crippen LogP contribution in [-0.2, 0) is 5.41 Å². The number of nitrogens with one attached hydrogen (secondary N) is 1. The summed E-state index contributed by atoms with van der Waals surface area (Å²) in [5.74, 6) is 0. The van der Waals surface area contributed by atoms with Gasteiger partial charge in [0.25, 0.3) is 0 Å². The first kappa shape index (κ1) is 28.1. The van der Waals surface area contributed by atoms with Crippen LogP contribution in [0.2, 0.25) is 0 Å². The fourth-order valence-corrected chi connectivity index (χ4v) is 7.85. The van der Waals surface area contributed by atoms with Gasteiger partial charge >= 0.3 is 0 Å². The van der Waals surface area contributed by atoms with Gasteiger partial charge in [-0.25, -0.2) is 0 Å². The molecule has 0 saturated carbocycles. The van der Waals surface area contributed by atoms with Crippen LogP contribution in [0, 0.1) is 0 Å². The minimum atomic E-state index is -0.638. The summed E-state index contributed by atoms with van der Waals surface area (Å²) in [6, 6.07) is 70.9. The van der Waals surface area contributed by atoms with Gasteiger partial charge in [0.05, 0.1) is 5.41 Å². The van der Waals surface area contributed by atoms with E-state index in [0.29, 0.717) is 0 Å². The number of hydrogen-bond donors (Lipinski definition) is 1. The summed E-state index contributed by atoms with van der Waals surface area (Å²) >= 11 is 0. The van der Waals surface area contributed by atoms with Crippen LogP contribution in [0.3, 0.4) is 0 Å². The highest BCUT2D eigenvalue weighted by Crippen LogP contribution is 2.51. The Hall–Kier alpha value is -6.18. The third-order valence-electron chi connectivity index (χ3n) is 9.97. The third-order valence-corrected chi connectivity index (χ3v) is 9.97. The Morgan fingerprint density at radius 2 is 0.646 bits per heavy atom. The molecule has 0 aliphatic rings. The fourth-order valence-electron chi connectivity index (χ4n) is 7.85. The van der Waals surface area contributed by atoms with E-state index in [9.17, 15) is 0 Å². The molecule has 0 radical (unpaired) electrons. The quantitative estimate of drug-likeness (QED) is 0.184. The fraction of sp³-hybridized carbons (Fsp3) is 0.0213. The number of fused-ring (bicyclic) bond motifs is 4. The highest BCUT2D eigenvalue weighted by Gasteiger charge is 2.41. The highest BCUT2D eigenvalue weighted by atomic mass is 14.9. The molecular formula is C47H33N. The number of rotatable bonds is 6. The maximum Gasteiger partial charge on any atom is 0.0719 e. The van der Waals surface area contributed by atoms with Gasteiger partial charge in [0, 0.05) is 16.8 Å². The van der Waals surface area contributed by atoms with E-state index in [1.54, 1.807) is 0 Å². The maximum atomic E-state index is 3.73. The molecule has 0 aliphatic carbocycles. The molecular weight excluding hydrogens is 579 g/mol. The molecule has 0 fully saturated rings. The molecule has 0 saturated heterocycles. The molecule has 1 heteroatoms. The second kappa shape index (κ2) is 11.6. The standard InChI is InChI=1S/C47H33N/c1-5-21-39-33(13-1)17-9-25-43(39)47(44-26-10-18-34-14-2-6-22-40(34)44,45-27-11-19-35-15-3-7-23-41(35)45)37-29-31-38(32-30-37)48-46-28-12-20-36-16-4-8-24-42(36)46/h1-32,48H. The monoisotopic (exact) mass is 611 g/mol. The van der Waals surface area contributed by atoms with Crippen LogP contribution < -0.4 is 5.32 Å². The van der Waals surface area contributed by atoms with Gasteiger partial charge in [0.1, 0.15) is 0 Å². The lowest BCUT2D eigenvalue weighted by molar-refractivity contribution is 0.768. The van der Waals surface area contributed by atoms with E-state index >= 15 is 0 Å². The Morgan fingerprint density at radius 1 is 0.292 bits per heavy atom. The topological polar surface area (TPSA) is 12.0 Å². The van der Waals surface area contributed by atoms with Crippen LogP contribution in [0.5, 0.6) is 0 Å². The molecule has 9 aromatic carbocycles. The lowest BCUT2D eigenvalue weighted by Crippen LogP contribution is -2.32. The van der Waals surface area contributed by atoms with Crippen molar-refractivity contribution >= 4 is 54.5 Å². The van der Waals surface area contributed by atoms with Crippen molar-refractivity contribution in [2.45, 2.75) is 5.41 Å². The molecule has 0 bridgehead atoms. The first-order chi connectivity index (χ1) is 23.8. The lowest BCUT2D eigenvalue weighted by Gasteiger charge is -2.39. The second-order valence-corrected chi connectivity index (χ2v) is 12.6. The summed E-state index contributed by atoms with van der Waals surface area (Å²) < 4.78 is 0. The number of anilines is 2. The van der Waals surface area contributed by atoms with Crippen molar-refractivity contribution in [3.8, 4) is 0 Å². The van der Waals surface area contributed by atoms with Crippen LogP contribution >= 0.6 is 0 Å². The molecule has 0 unspecified atom stereocenters. The molecule has 226 valence electrons. The minimum Gasteiger partial charge on any atom is -0.355 e. The number of benzene rings is 9. The Balaban J connectivity index is 1.37. The highest BCUT2D eigenvalue weighted by molar-refractivity contribution is 5.98. The van der Waals surface area contributed by atoms with Gasteiger partial charge in [-0.05, 0) is 78.2 Å². The summed E-state index contributed by atoms with van der Waals surface area (Å²) in [5.41, 5.74) is 6.53. The van der Waals surface area contributed by atoms with Crippen molar-refractivity contribution < 1.29 is 0 Å². The number of hydrogen-bond acceptors (Lipinski definition) is 1. The molecule has 1 nitrogen and oxygen atoms in total. The van der Waals surface area contributed by atoms with Crippen LogP contribution in [-0.4, -0.2) is 0 Å². The largest absolute Gasteiger partial charge is 0.355 e. The summed E-state index contributed by atoms with van der Waals surface area (Å²) in [6.45, 7) is 0. The van der Waals surface area contributed by atoms with Crippen molar-refractivity contribution in [2.75, 3.05) is 5.32 Å². The zero-order valence-corrected chi connectivity index (χ0v) is 26.5. The van der Waals surface area contributed by atoms with E-state index in [0.717, 1.165) is 11.4 Å². The molecule has 9 rings (SSSR count). The molecule has 0 atom stereocenters. The predicted molar refractivity (Wildman–Crippen MR) is 205 cm³/mol. The first-order valence-electron chi connectivity index (χ1n) is 16.6. The Labute approximate surface area is 280 Å². The Bertz CT molecular complexity index is 2380. The van der Waals surface area contributed by atoms with Crippen LogP contribution in [0.1, 0.15) is 22.3 Å². The molecule has 9 aromatic rings. The maximum absolute atomic E-state index is 3.73. The van der Waals surface area contributed by atoms with Gasteiger partial charge < -0.3 is 5.32 Å². The van der Waals surface area contributed by atoms with Gasteiger partial charge in [-0.15, -0.1) is 0 Å². The van der Waals surface area contributed by atoms with Gasteiger partial charge in [-0.3, -0.25) is 0 Å². The van der Waals surface area contributed by atoms with E-state index in [4.69, 9.17) is 0 Å². The normalized spacial score (nSPS) is 11.8. The van der Waals surface area contributed by atoms with Crippen molar-refractivity contribution in [3.05, 3.63) is 216 Å². The van der Waals surface area contributed by atoms with E-state index in [2.05, 4.69) is 199 Å². The average molecular weight is 612 g/mol. The summed E-state index contributed by atoms with van der Waals surface area (Å²) in [4.78, 5) is 0. The zero-order chi connectivity index (χ0) is 31.9. The predicted octanol–water partition coefficient (Wildman–Crippen LogP) is 12.4. The second-order valence-electron chi connectivity index (χ2n) is 12.6. The third kappa shape index (κ3) is 4.47. The molecule has 1 N–H and O–H groups in total. The SMILES string of the molecule is c1ccc2c(Nc3ccc(C(c4cccc5ccccc45)(c4cccc5ccccc45)c4cccc5ccccc45)cc3)cccc2c1. The summed E-state index contributed by atoms with van der Waals surface area (Å²) in [7, 11) is 0. The zero-order valence-electron chi connectivity index (χ0n) is 26.5. The Kier molecular flexibility index (Phi) is 6.76. The molecule has 0 spiro atoms. The van der Waals surface area contributed by atoms with E-state index < -0.39 is 5.41 Å². The smallest absolute Gasteiger partial charge is 0.0719 e. The van der Waals surface area contributed by atoms with Crippen molar-refractivity contribution in [3.63, 3.8) is 0 Å². The molecule has 0 aliphatic heterocycles. The Morgan fingerprint density at radius 3 is 1.10 bits per heavy atom. The van der Waals surface area contributed by atoms with Gasteiger partial charge in [0.15, 0.2) is 0 Å². The summed E-state index contributed by atoms with van der Waals surface area (Å²) in [5, 5.41) is 13.6. The van der Waals surface area contributed by atoms with Crippen LogP contribution in [0.25, 0.3) is 43.1 Å². The first-order valence-corrected chi connectivity index (χ1v) is 16.6. The van der Waals surface area contributed by atoms with E-state index in [1.165, 1.54) is 65.3 Å². The van der Waals surface area contributed by atoms with E-state index in [1.807, 2.05) is 0 Å². The average Bonchev–Trinajstić information content (AvgIpc) is 3.16. The van der Waals surface area contributed by atoms with Crippen molar-refractivity contribution in [1.82, 2.24) is 0 Å². The lowest BCUT2D eigenvalue weighted by atomic mass is 9.62. The minimum absolute atomic E-state index is 0.638. The molecule has 0 aromatic heterocycles. The van der Waals surface area contributed by atoms with Gasteiger partial charge in [0.2, 0.25) is 0 Å². The van der Waals surface area contributed by atoms with Gasteiger partial charge in [-0.2, -0.15) is 0 Å². The molecule has 0 amide bonds. The van der Waals surface area contributed by atoms with Crippen molar-refractivity contribution in [1.29, 1.82) is 0 Å². The molecule has 0 heterocycles. The summed E-state index contributed by atoms with van der Waals surface area (Å²) in [6.07, 6.45) is 0. The van der Waals surface area contributed by atoms with Crippen molar-refractivity contribution in [2.24, 2.45) is 0 Å². The van der Waals surface area contributed by atoms with Crippen LogP contribution in [0.4, 0.5) is 11.4 Å².